The summed E-state index contributed by atoms with van der Waals surface area (Å²) in [5.41, 5.74) is -2.05. The molecule has 2 aromatic rings. The third-order valence-electron chi connectivity index (χ3n) is 6.50. The number of aliphatic hydroxyl groups is 1. The summed E-state index contributed by atoms with van der Waals surface area (Å²) in [7, 11) is 0. The van der Waals surface area contributed by atoms with Crippen LogP contribution in [0.15, 0.2) is 17.1 Å². The molecule has 4 rings (SSSR count). The number of nitrogens with zero attached hydrogens (tertiary/aromatic N) is 4. The van der Waals surface area contributed by atoms with Crippen LogP contribution in [0.25, 0.3) is 11.0 Å². The fourth-order valence-electron chi connectivity index (χ4n) is 4.76. The summed E-state index contributed by atoms with van der Waals surface area (Å²) in [6.45, 7) is -1.88. The molecule has 0 aromatic carbocycles. The number of pyridine rings is 1. The lowest BCUT2D eigenvalue weighted by Gasteiger charge is -2.32. The number of amides is 1. The molecule has 0 radical (unpaired) electrons. The van der Waals surface area contributed by atoms with Crippen LogP contribution in [0.1, 0.15) is 45.1 Å². The number of alkyl halides is 5. The van der Waals surface area contributed by atoms with Gasteiger partial charge in [0.15, 0.2) is 5.75 Å². The number of piperidine rings is 1. The predicted molar refractivity (Wildman–Crippen MR) is 113 cm³/mol. The Morgan fingerprint density at radius 2 is 1.97 bits per heavy atom. The van der Waals surface area contributed by atoms with Crippen molar-refractivity contribution < 1.29 is 36.6 Å². The van der Waals surface area contributed by atoms with Crippen molar-refractivity contribution in [1.82, 2.24) is 19.4 Å². The highest BCUT2D eigenvalue weighted by Gasteiger charge is 2.43. The van der Waals surface area contributed by atoms with Gasteiger partial charge in [-0.25, -0.2) is 4.98 Å². The highest BCUT2D eigenvalue weighted by Crippen LogP contribution is 2.40. The topological polar surface area (TPSA) is 110 Å². The smallest absolute Gasteiger partial charge is 0.429 e. The van der Waals surface area contributed by atoms with Crippen LogP contribution < -0.4 is 15.6 Å². The molecular weight excluding hydrogens is 481 g/mol. The van der Waals surface area contributed by atoms with E-state index in [1.165, 1.54) is 6.20 Å². The van der Waals surface area contributed by atoms with Gasteiger partial charge in [-0.2, -0.15) is 26.9 Å². The Bertz CT molecular complexity index is 1160. The van der Waals surface area contributed by atoms with Crippen LogP contribution >= 0.6 is 0 Å². The van der Waals surface area contributed by atoms with Gasteiger partial charge in [-0.1, -0.05) is 0 Å². The van der Waals surface area contributed by atoms with Gasteiger partial charge >= 0.3 is 18.7 Å². The number of carbonyl (C=O) groups excluding carboxylic acids is 1. The van der Waals surface area contributed by atoms with Crippen LogP contribution in [0.5, 0.6) is 5.75 Å². The van der Waals surface area contributed by atoms with E-state index in [2.05, 4.69) is 20.0 Å². The Morgan fingerprint density at radius 3 is 2.54 bits per heavy atom. The van der Waals surface area contributed by atoms with E-state index in [1.54, 1.807) is 6.92 Å². The average Bonchev–Trinajstić information content (AvgIpc) is 3.12. The summed E-state index contributed by atoms with van der Waals surface area (Å²) in [6.07, 6.45) is -1.76. The van der Waals surface area contributed by atoms with Gasteiger partial charge in [-0.3, -0.25) is 14.2 Å². The van der Waals surface area contributed by atoms with Gasteiger partial charge in [0.25, 0.3) is 5.56 Å². The number of carbonyl (C=O) groups is 1. The number of hydrogen-bond donors (Lipinski definition) is 2. The Hall–Kier alpha value is -3.03. The van der Waals surface area contributed by atoms with Crippen LogP contribution in [-0.2, 0) is 4.79 Å². The fraction of sp³-hybridized carbons (Fsp3) is 0.619. The summed E-state index contributed by atoms with van der Waals surface area (Å²) >= 11 is 0. The SMILES string of the molecule is C[C@@]1(O)CCC[C@H]1n1c(=O)c(OC(F)F)cc2cnc(NC3CCN(C(=O)C(F)(F)F)CC3)nc21. The van der Waals surface area contributed by atoms with Gasteiger partial charge in [0.05, 0.1) is 11.6 Å². The second-order valence-electron chi connectivity index (χ2n) is 9.01. The van der Waals surface area contributed by atoms with Crippen molar-refractivity contribution >= 4 is 22.9 Å². The van der Waals surface area contributed by atoms with Crippen LogP contribution in [0.2, 0.25) is 0 Å². The average molecular weight is 505 g/mol. The molecule has 35 heavy (non-hydrogen) atoms. The van der Waals surface area contributed by atoms with Crippen molar-refractivity contribution in [3.63, 3.8) is 0 Å². The summed E-state index contributed by atoms with van der Waals surface area (Å²) in [4.78, 5) is 33.7. The van der Waals surface area contributed by atoms with E-state index in [0.717, 1.165) is 15.5 Å². The zero-order valence-corrected chi connectivity index (χ0v) is 18.7. The zero-order chi connectivity index (χ0) is 25.5. The van der Waals surface area contributed by atoms with Crippen molar-refractivity contribution in [2.24, 2.45) is 0 Å². The number of nitrogens with one attached hydrogen (secondary N) is 1. The second kappa shape index (κ2) is 9.21. The molecule has 2 N–H and O–H groups in total. The summed E-state index contributed by atoms with van der Waals surface area (Å²) in [5, 5.41) is 14.0. The first kappa shape index (κ1) is 25.1. The molecule has 1 aliphatic carbocycles. The minimum absolute atomic E-state index is 0.0754. The van der Waals surface area contributed by atoms with Crippen molar-refractivity contribution in [3.05, 3.63) is 22.6 Å². The molecule has 0 unspecified atom stereocenters. The number of ether oxygens (including phenoxy) is 1. The maximum atomic E-state index is 13.1. The molecule has 2 atom stereocenters. The van der Waals surface area contributed by atoms with Crippen LogP contribution in [0, 0.1) is 0 Å². The van der Waals surface area contributed by atoms with Gasteiger partial charge in [0, 0.05) is 30.7 Å². The highest BCUT2D eigenvalue weighted by atomic mass is 19.4. The molecule has 0 spiro atoms. The molecule has 1 aliphatic heterocycles. The van der Waals surface area contributed by atoms with Gasteiger partial charge in [0.1, 0.15) is 5.65 Å². The van der Waals surface area contributed by atoms with Crippen molar-refractivity contribution in [2.75, 3.05) is 18.4 Å². The van der Waals surface area contributed by atoms with Crippen LogP contribution in [0.4, 0.5) is 27.9 Å². The largest absolute Gasteiger partial charge is 0.471 e. The maximum Gasteiger partial charge on any atom is 0.471 e. The third-order valence-corrected chi connectivity index (χ3v) is 6.50. The molecule has 1 saturated carbocycles. The second-order valence-corrected chi connectivity index (χ2v) is 9.01. The number of rotatable bonds is 5. The molecule has 9 nitrogen and oxygen atoms in total. The molecule has 1 saturated heterocycles. The lowest BCUT2D eigenvalue weighted by atomic mass is 10.00. The van der Waals surface area contributed by atoms with Crippen molar-refractivity contribution in [1.29, 1.82) is 0 Å². The van der Waals surface area contributed by atoms with E-state index in [-0.39, 0.29) is 49.0 Å². The minimum atomic E-state index is -4.93. The molecule has 1 amide bonds. The van der Waals surface area contributed by atoms with Gasteiger partial charge < -0.3 is 20.1 Å². The van der Waals surface area contributed by atoms with Crippen molar-refractivity contribution in [3.8, 4) is 5.75 Å². The zero-order valence-electron chi connectivity index (χ0n) is 18.7. The lowest BCUT2D eigenvalue weighted by molar-refractivity contribution is -0.186. The molecule has 0 bridgehead atoms. The number of fused-ring (bicyclic) bond motifs is 1. The quantitative estimate of drug-likeness (QED) is 0.602. The number of aromatic nitrogens is 3. The minimum Gasteiger partial charge on any atom is -0.429 e. The first-order valence-corrected chi connectivity index (χ1v) is 11.1. The Labute approximate surface area is 195 Å². The number of anilines is 1. The normalized spacial score (nSPS) is 23.8. The first-order valence-electron chi connectivity index (χ1n) is 11.1. The number of halogens is 5. The summed E-state index contributed by atoms with van der Waals surface area (Å²) in [5.74, 6) is -2.40. The standard InChI is InChI=1S/C21H24F5N5O4/c1-20(34)6-2-3-14(20)31-15-11(9-13(16(31)32)35-18(22)23)10-27-19(29-15)28-12-4-7-30(8-5-12)17(33)21(24,25)26/h9-10,12,14,18,34H,2-8H2,1H3,(H,27,28,29)/t14-,20-/m1/s1. The number of likely N-dealkylation sites (tertiary alicyclic amines) is 1. The lowest BCUT2D eigenvalue weighted by Crippen LogP contribution is -2.47. The van der Waals surface area contributed by atoms with E-state index in [0.29, 0.717) is 19.3 Å². The van der Waals surface area contributed by atoms with E-state index in [9.17, 15) is 36.6 Å². The van der Waals surface area contributed by atoms with Crippen LogP contribution in [-0.4, -0.2) is 68.0 Å². The molecule has 2 aliphatic rings. The highest BCUT2D eigenvalue weighted by molar-refractivity contribution is 5.82. The maximum absolute atomic E-state index is 13.1. The van der Waals surface area contributed by atoms with E-state index < -0.39 is 41.6 Å². The van der Waals surface area contributed by atoms with Crippen molar-refractivity contribution in [2.45, 2.75) is 69.5 Å². The predicted octanol–water partition coefficient (Wildman–Crippen LogP) is 2.83. The van der Waals surface area contributed by atoms with E-state index in [1.807, 2.05) is 0 Å². The summed E-state index contributed by atoms with van der Waals surface area (Å²) in [6, 6.07) is 0.0358. The molecule has 2 fully saturated rings. The van der Waals surface area contributed by atoms with Gasteiger partial charge in [-0.05, 0) is 45.1 Å². The monoisotopic (exact) mass is 505 g/mol. The van der Waals surface area contributed by atoms with E-state index >= 15 is 0 Å². The Balaban J connectivity index is 1.63. The fourth-order valence-corrected chi connectivity index (χ4v) is 4.76. The molecule has 3 heterocycles. The molecule has 192 valence electrons. The molecular formula is C21H24F5N5O4. The number of hydrogen-bond acceptors (Lipinski definition) is 7. The van der Waals surface area contributed by atoms with Crippen LogP contribution in [0.3, 0.4) is 0 Å². The Kier molecular flexibility index (Phi) is 6.60. The van der Waals surface area contributed by atoms with Gasteiger partial charge in [-0.15, -0.1) is 0 Å². The van der Waals surface area contributed by atoms with E-state index in [4.69, 9.17) is 0 Å². The Morgan fingerprint density at radius 1 is 1.29 bits per heavy atom. The molecule has 14 heteroatoms. The molecule has 2 aromatic heterocycles. The first-order chi connectivity index (χ1) is 16.4. The third kappa shape index (κ3) is 5.16. The summed E-state index contributed by atoms with van der Waals surface area (Å²) < 4.78 is 69.3. The van der Waals surface area contributed by atoms with Gasteiger partial charge in [0.2, 0.25) is 5.95 Å².